The van der Waals surface area contributed by atoms with E-state index in [0.29, 0.717) is 57.1 Å². The van der Waals surface area contributed by atoms with Crippen LogP contribution in [0, 0.1) is 6.92 Å². The van der Waals surface area contributed by atoms with Crippen molar-refractivity contribution in [3.63, 3.8) is 0 Å². The summed E-state index contributed by atoms with van der Waals surface area (Å²) in [6.45, 7) is 2.33. The Labute approximate surface area is 193 Å². The van der Waals surface area contributed by atoms with Gasteiger partial charge in [0.25, 0.3) is 5.22 Å². The average Bonchev–Trinajstić information content (AvgIpc) is 3.16. The Morgan fingerprint density at radius 3 is 2.70 bits per heavy atom. The quantitative estimate of drug-likeness (QED) is 0.292. The van der Waals surface area contributed by atoms with Crippen molar-refractivity contribution in [2.45, 2.75) is 25.0 Å². The van der Waals surface area contributed by atoms with Crippen LogP contribution in [-0.4, -0.2) is 28.5 Å². The van der Waals surface area contributed by atoms with Gasteiger partial charge in [-0.25, -0.2) is 0 Å². The van der Waals surface area contributed by atoms with Crippen LogP contribution in [0.2, 0.25) is 15.1 Å². The van der Waals surface area contributed by atoms with Crippen molar-refractivity contribution < 1.29 is 13.9 Å². The number of halogens is 3. The van der Waals surface area contributed by atoms with Gasteiger partial charge in [0, 0.05) is 22.2 Å². The lowest BCUT2D eigenvalue weighted by atomic mass is 10.2. The molecule has 0 spiro atoms. The van der Waals surface area contributed by atoms with Crippen molar-refractivity contribution in [3.05, 3.63) is 62.9 Å². The molecule has 0 aliphatic rings. The topological polar surface area (TPSA) is 77.2 Å². The zero-order valence-electron chi connectivity index (χ0n) is 16.0. The maximum Gasteiger partial charge on any atom is 0.277 e. The van der Waals surface area contributed by atoms with Crippen LogP contribution in [-0.2, 0) is 11.2 Å². The van der Waals surface area contributed by atoms with Crippen LogP contribution < -0.4 is 10.1 Å². The second-order valence-corrected chi connectivity index (χ2v) is 8.49. The van der Waals surface area contributed by atoms with E-state index < -0.39 is 0 Å². The fourth-order valence-corrected chi connectivity index (χ4v) is 3.65. The van der Waals surface area contributed by atoms with Crippen LogP contribution in [0.5, 0.6) is 5.75 Å². The van der Waals surface area contributed by atoms with Crippen molar-refractivity contribution in [1.29, 1.82) is 0 Å². The van der Waals surface area contributed by atoms with Gasteiger partial charge in [0.15, 0.2) is 0 Å². The number of carbonyl (C=O) groups is 1. The first-order chi connectivity index (χ1) is 14.4. The summed E-state index contributed by atoms with van der Waals surface area (Å²) in [7, 11) is 0. The molecule has 1 aromatic heterocycles. The van der Waals surface area contributed by atoms with Crippen LogP contribution in [0.15, 0.2) is 46.0 Å². The van der Waals surface area contributed by atoms with Gasteiger partial charge < -0.3 is 14.5 Å². The van der Waals surface area contributed by atoms with Gasteiger partial charge in [-0.05, 0) is 49.2 Å². The average molecular weight is 487 g/mol. The number of carbonyl (C=O) groups excluding carboxylic acids is 1. The number of nitrogens with zero attached hydrogens (tertiary/aromatic N) is 2. The molecule has 10 heteroatoms. The molecule has 0 saturated heterocycles. The Hall–Kier alpha value is -1.93. The lowest BCUT2D eigenvalue weighted by Crippen LogP contribution is -2.14. The molecule has 0 unspecified atom stereocenters. The number of hydrogen-bond donors (Lipinski definition) is 1. The molecular formula is C20H18Cl3N3O3S. The highest BCUT2D eigenvalue weighted by Crippen LogP contribution is 2.27. The van der Waals surface area contributed by atoms with E-state index in [2.05, 4.69) is 15.5 Å². The summed E-state index contributed by atoms with van der Waals surface area (Å²) in [5, 5.41) is 12.7. The molecule has 3 aromatic rings. The minimum absolute atomic E-state index is 0.145. The summed E-state index contributed by atoms with van der Waals surface area (Å²) < 4.78 is 11.2. The molecule has 0 fully saturated rings. The van der Waals surface area contributed by atoms with Gasteiger partial charge >= 0.3 is 0 Å². The molecule has 0 saturated carbocycles. The number of ether oxygens (including phenoxy) is 1. The highest BCUT2D eigenvalue weighted by molar-refractivity contribution is 7.99. The molecule has 0 radical (unpaired) electrons. The van der Waals surface area contributed by atoms with Gasteiger partial charge in [-0.1, -0.05) is 52.6 Å². The van der Waals surface area contributed by atoms with E-state index in [0.717, 1.165) is 5.56 Å². The Morgan fingerprint density at radius 2 is 1.90 bits per heavy atom. The smallest absolute Gasteiger partial charge is 0.277 e. The number of aromatic nitrogens is 2. The zero-order chi connectivity index (χ0) is 21.5. The maximum absolute atomic E-state index is 12.1. The SMILES string of the molecule is Cc1ccc(Cl)cc1NC(=O)CSc1nnc(CCCOc2ccc(Cl)cc2Cl)o1. The molecule has 6 nitrogen and oxygen atoms in total. The highest BCUT2D eigenvalue weighted by Gasteiger charge is 2.11. The minimum Gasteiger partial charge on any atom is -0.492 e. The van der Waals surface area contributed by atoms with Crippen LogP contribution in [0.1, 0.15) is 17.9 Å². The second-order valence-electron chi connectivity index (χ2n) is 6.28. The van der Waals surface area contributed by atoms with Crippen molar-refractivity contribution in [2.75, 3.05) is 17.7 Å². The van der Waals surface area contributed by atoms with E-state index in [1.807, 2.05) is 13.0 Å². The van der Waals surface area contributed by atoms with E-state index in [-0.39, 0.29) is 11.7 Å². The highest BCUT2D eigenvalue weighted by atomic mass is 35.5. The predicted octanol–water partition coefficient (Wildman–Crippen LogP) is 6.08. The lowest BCUT2D eigenvalue weighted by Gasteiger charge is -2.07. The Balaban J connectivity index is 1.40. The summed E-state index contributed by atoms with van der Waals surface area (Å²) in [4.78, 5) is 12.1. The Bertz CT molecular complexity index is 1030. The zero-order valence-corrected chi connectivity index (χ0v) is 19.0. The van der Waals surface area contributed by atoms with E-state index >= 15 is 0 Å². The van der Waals surface area contributed by atoms with E-state index in [9.17, 15) is 4.79 Å². The first-order valence-electron chi connectivity index (χ1n) is 9.00. The van der Waals surface area contributed by atoms with Crippen LogP contribution >= 0.6 is 46.6 Å². The van der Waals surface area contributed by atoms with Gasteiger partial charge in [0.05, 0.1) is 17.4 Å². The summed E-state index contributed by atoms with van der Waals surface area (Å²) in [6, 6.07) is 10.4. The predicted molar refractivity (Wildman–Crippen MR) is 120 cm³/mol. The standard InChI is InChI=1S/C20H18Cl3N3O3S/c1-12-4-5-14(22)10-16(12)24-18(27)11-30-20-26-25-19(29-20)3-2-8-28-17-7-6-13(21)9-15(17)23/h4-7,9-10H,2-3,8,11H2,1H3,(H,24,27). The molecule has 1 heterocycles. The van der Waals surface area contributed by atoms with E-state index in [4.69, 9.17) is 44.0 Å². The molecule has 0 aliphatic carbocycles. The Morgan fingerprint density at radius 1 is 1.13 bits per heavy atom. The summed E-state index contributed by atoms with van der Waals surface area (Å²) in [5.41, 5.74) is 1.61. The monoisotopic (exact) mass is 485 g/mol. The molecule has 1 amide bonds. The lowest BCUT2D eigenvalue weighted by molar-refractivity contribution is -0.113. The molecule has 1 N–H and O–H groups in total. The molecule has 2 aromatic carbocycles. The fourth-order valence-electron chi connectivity index (χ4n) is 2.44. The molecule has 0 bridgehead atoms. The molecule has 30 heavy (non-hydrogen) atoms. The summed E-state index contributed by atoms with van der Waals surface area (Å²) >= 11 is 19.1. The normalized spacial score (nSPS) is 10.8. The largest absolute Gasteiger partial charge is 0.492 e. The fraction of sp³-hybridized carbons (Fsp3) is 0.250. The van der Waals surface area contributed by atoms with Crippen LogP contribution in [0.3, 0.4) is 0 Å². The van der Waals surface area contributed by atoms with E-state index in [1.165, 1.54) is 11.8 Å². The number of amides is 1. The van der Waals surface area contributed by atoms with Crippen molar-refractivity contribution >= 4 is 58.2 Å². The summed E-state index contributed by atoms with van der Waals surface area (Å²) in [5.74, 6) is 1.02. The second kappa shape index (κ2) is 10.9. The Kier molecular flexibility index (Phi) is 8.27. The third-order valence-electron chi connectivity index (χ3n) is 3.94. The number of benzene rings is 2. The number of hydrogen-bond acceptors (Lipinski definition) is 6. The van der Waals surface area contributed by atoms with Gasteiger partial charge in [-0.15, -0.1) is 10.2 Å². The number of anilines is 1. The first-order valence-corrected chi connectivity index (χ1v) is 11.1. The molecule has 0 atom stereocenters. The van der Waals surface area contributed by atoms with Gasteiger partial charge in [-0.2, -0.15) is 0 Å². The summed E-state index contributed by atoms with van der Waals surface area (Å²) in [6.07, 6.45) is 1.21. The molecule has 0 aliphatic heterocycles. The van der Waals surface area contributed by atoms with Crippen LogP contribution in [0.25, 0.3) is 0 Å². The first kappa shape index (κ1) is 22.7. The van der Waals surface area contributed by atoms with Gasteiger partial charge in [0.2, 0.25) is 11.8 Å². The number of thioether (sulfide) groups is 1. The molecule has 3 rings (SSSR count). The third-order valence-corrected chi connectivity index (χ3v) is 5.52. The number of aryl methyl sites for hydroxylation is 2. The van der Waals surface area contributed by atoms with Gasteiger partial charge in [-0.3, -0.25) is 4.79 Å². The molecular weight excluding hydrogens is 469 g/mol. The third kappa shape index (κ3) is 6.80. The van der Waals surface area contributed by atoms with E-state index in [1.54, 1.807) is 30.3 Å². The van der Waals surface area contributed by atoms with Crippen molar-refractivity contribution in [1.82, 2.24) is 10.2 Å². The number of rotatable bonds is 9. The van der Waals surface area contributed by atoms with Gasteiger partial charge in [0.1, 0.15) is 5.75 Å². The molecule has 158 valence electrons. The van der Waals surface area contributed by atoms with Crippen LogP contribution in [0.4, 0.5) is 5.69 Å². The minimum atomic E-state index is -0.182. The number of nitrogens with one attached hydrogen (secondary N) is 1. The van der Waals surface area contributed by atoms with Crippen molar-refractivity contribution in [3.8, 4) is 5.75 Å². The maximum atomic E-state index is 12.1. The van der Waals surface area contributed by atoms with Crippen molar-refractivity contribution in [2.24, 2.45) is 0 Å².